The second-order valence-corrected chi connectivity index (χ2v) is 9.52. The van der Waals surface area contributed by atoms with Crippen molar-refractivity contribution in [3.05, 3.63) is 82.8 Å². The predicted octanol–water partition coefficient (Wildman–Crippen LogP) is 4.49. The SMILES string of the molecule is Cc1cccc2c(CCN3CC(O)OCc4cc(Nc5ccnc6c5CCC6O)ccc43)c[nH]c12. The Morgan fingerprint density at radius 3 is 3.03 bits per heavy atom. The molecular weight excluding hydrogens is 440 g/mol. The minimum absolute atomic E-state index is 0.349. The molecule has 0 saturated carbocycles. The van der Waals surface area contributed by atoms with Crippen LogP contribution in [0.25, 0.3) is 10.9 Å². The smallest absolute Gasteiger partial charge is 0.172 e. The molecule has 180 valence electrons. The summed E-state index contributed by atoms with van der Waals surface area (Å²) in [4.78, 5) is 9.99. The van der Waals surface area contributed by atoms with Crippen molar-refractivity contribution in [2.75, 3.05) is 23.3 Å². The quantitative estimate of drug-likeness (QED) is 0.343. The second kappa shape index (κ2) is 9.00. The van der Waals surface area contributed by atoms with Gasteiger partial charge in [-0.05, 0) is 67.1 Å². The molecule has 1 aliphatic carbocycles. The highest BCUT2D eigenvalue weighted by atomic mass is 16.6. The summed E-state index contributed by atoms with van der Waals surface area (Å²) in [7, 11) is 0. The summed E-state index contributed by atoms with van der Waals surface area (Å²) in [6.45, 7) is 3.67. The number of nitrogens with zero attached hydrogens (tertiary/aromatic N) is 2. The van der Waals surface area contributed by atoms with Gasteiger partial charge in [0.15, 0.2) is 6.29 Å². The van der Waals surface area contributed by atoms with E-state index in [4.69, 9.17) is 4.74 Å². The van der Waals surface area contributed by atoms with E-state index in [2.05, 4.69) is 69.7 Å². The molecule has 2 aromatic heterocycles. The van der Waals surface area contributed by atoms with Crippen molar-refractivity contribution in [2.45, 2.75) is 45.2 Å². The number of fused-ring (bicyclic) bond motifs is 3. The van der Waals surface area contributed by atoms with Gasteiger partial charge in [-0.3, -0.25) is 4.98 Å². The number of ether oxygens (including phenoxy) is 1. The molecule has 7 heteroatoms. The lowest BCUT2D eigenvalue weighted by atomic mass is 10.1. The van der Waals surface area contributed by atoms with E-state index >= 15 is 0 Å². The molecule has 0 fully saturated rings. The molecule has 4 N–H and O–H groups in total. The molecule has 0 radical (unpaired) electrons. The van der Waals surface area contributed by atoms with Crippen LogP contribution in [0.1, 0.15) is 40.5 Å². The molecule has 6 rings (SSSR count). The maximum atomic E-state index is 10.4. The minimum Gasteiger partial charge on any atom is -0.387 e. The summed E-state index contributed by atoms with van der Waals surface area (Å²) >= 11 is 0. The number of benzene rings is 2. The third-order valence-electron chi connectivity index (χ3n) is 7.24. The summed E-state index contributed by atoms with van der Waals surface area (Å²) in [5.41, 5.74) is 9.60. The zero-order chi connectivity index (χ0) is 23.9. The molecule has 0 amide bonds. The summed E-state index contributed by atoms with van der Waals surface area (Å²) < 4.78 is 5.71. The molecule has 2 aromatic carbocycles. The number of pyridine rings is 1. The number of aromatic amines is 1. The molecule has 7 nitrogen and oxygen atoms in total. The van der Waals surface area contributed by atoms with Crippen LogP contribution in [-0.2, 0) is 24.2 Å². The monoisotopic (exact) mass is 470 g/mol. The van der Waals surface area contributed by atoms with Crippen molar-refractivity contribution in [3.63, 3.8) is 0 Å². The van der Waals surface area contributed by atoms with E-state index < -0.39 is 12.4 Å². The van der Waals surface area contributed by atoms with Gasteiger partial charge in [-0.2, -0.15) is 0 Å². The number of H-pyrrole nitrogens is 1. The van der Waals surface area contributed by atoms with Gasteiger partial charge < -0.3 is 30.2 Å². The zero-order valence-corrected chi connectivity index (χ0v) is 19.8. The normalized spacial score (nSPS) is 19.5. The molecule has 2 unspecified atom stereocenters. The first-order valence-electron chi connectivity index (χ1n) is 12.2. The second-order valence-electron chi connectivity index (χ2n) is 9.52. The van der Waals surface area contributed by atoms with E-state index in [1.807, 2.05) is 6.07 Å². The molecule has 0 bridgehead atoms. The predicted molar refractivity (Wildman–Crippen MR) is 137 cm³/mol. The Bertz CT molecular complexity index is 1380. The maximum absolute atomic E-state index is 10.4. The Kier molecular flexibility index (Phi) is 5.68. The van der Waals surface area contributed by atoms with Crippen LogP contribution in [0.2, 0.25) is 0 Å². The van der Waals surface area contributed by atoms with Gasteiger partial charge in [0.25, 0.3) is 0 Å². The van der Waals surface area contributed by atoms with Crippen molar-refractivity contribution in [3.8, 4) is 0 Å². The number of aliphatic hydroxyl groups excluding tert-OH is 2. The van der Waals surface area contributed by atoms with Crippen LogP contribution >= 0.6 is 0 Å². The van der Waals surface area contributed by atoms with Crippen molar-refractivity contribution < 1.29 is 14.9 Å². The van der Waals surface area contributed by atoms with Crippen LogP contribution < -0.4 is 10.2 Å². The first-order chi connectivity index (χ1) is 17.1. The minimum atomic E-state index is -0.839. The Labute approximate surface area is 204 Å². The van der Waals surface area contributed by atoms with Crippen molar-refractivity contribution >= 4 is 28.0 Å². The van der Waals surface area contributed by atoms with E-state index in [9.17, 15) is 10.2 Å². The van der Waals surface area contributed by atoms with E-state index in [1.165, 1.54) is 22.0 Å². The first-order valence-corrected chi connectivity index (χ1v) is 12.2. The Morgan fingerprint density at radius 2 is 2.11 bits per heavy atom. The largest absolute Gasteiger partial charge is 0.387 e. The topological polar surface area (TPSA) is 93.6 Å². The average Bonchev–Trinajstić information content (AvgIpc) is 3.41. The molecule has 2 atom stereocenters. The summed E-state index contributed by atoms with van der Waals surface area (Å²) in [6, 6.07) is 14.6. The first kappa shape index (κ1) is 22.1. The number of aliphatic hydroxyl groups is 2. The molecule has 0 spiro atoms. The average molecular weight is 471 g/mol. The molecule has 0 saturated heterocycles. The van der Waals surface area contributed by atoms with Crippen molar-refractivity contribution in [2.24, 2.45) is 0 Å². The van der Waals surface area contributed by atoms with E-state index in [-0.39, 0.29) is 0 Å². The molecular formula is C28H30N4O3. The number of para-hydroxylation sites is 1. The lowest BCUT2D eigenvalue weighted by molar-refractivity contribution is -0.0977. The lowest BCUT2D eigenvalue weighted by Gasteiger charge is -2.26. The third kappa shape index (κ3) is 4.16. The van der Waals surface area contributed by atoms with Crippen molar-refractivity contribution in [1.29, 1.82) is 0 Å². The zero-order valence-electron chi connectivity index (χ0n) is 19.8. The van der Waals surface area contributed by atoms with Gasteiger partial charge in [-0.25, -0.2) is 0 Å². The molecule has 1 aliphatic heterocycles. The maximum Gasteiger partial charge on any atom is 0.172 e. The fourth-order valence-corrected chi connectivity index (χ4v) is 5.40. The summed E-state index contributed by atoms with van der Waals surface area (Å²) in [6.07, 6.45) is 4.90. The highest BCUT2D eigenvalue weighted by Crippen LogP contribution is 2.36. The van der Waals surface area contributed by atoms with Crippen LogP contribution in [0.4, 0.5) is 17.1 Å². The number of anilines is 3. The molecule has 4 aromatic rings. The van der Waals surface area contributed by atoms with Crippen LogP contribution in [-0.4, -0.2) is 39.6 Å². The number of hydrogen-bond donors (Lipinski definition) is 4. The van der Waals surface area contributed by atoms with E-state index in [0.717, 1.165) is 53.3 Å². The number of β-amino-alcohol motifs (C(OH)–C–C–N with tert-alkyl or cyclic N) is 1. The molecule has 3 heterocycles. The number of aromatic nitrogens is 2. The Hall–Kier alpha value is -3.39. The van der Waals surface area contributed by atoms with E-state index in [0.29, 0.717) is 19.6 Å². The van der Waals surface area contributed by atoms with Gasteiger partial charge in [0.1, 0.15) is 0 Å². The molecule has 2 aliphatic rings. The summed E-state index contributed by atoms with van der Waals surface area (Å²) in [5, 5.41) is 25.3. The van der Waals surface area contributed by atoms with Crippen LogP contribution in [0.5, 0.6) is 0 Å². The fraction of sp³-hybridized carbons (Fsp3) is 0.321. The standard InChI is InChI=1S/C28H30N4O3/c1-17-3-2-4-21-18(14-30-27(17)21)10-12-32-15-26(34)35-16-19-13-20(5-7-24(19)32)31-23-9-11-29-28-22(23)6-8-25(28)33/h2-5,7,9,11,13-14,25-26,30,33-34H,6,8,10,12,15-16H2,1H3,(H,29,31). The van der Waals surface area contributed by atoms with Crippen molar-refractivity contribution in [1.82, 2.24) is 9.97 Å². The van der Waals surface area contributed by atoms with Gasteiger partial charge in [0.05, 0.1) is 24.9 Å². The van der Waals surface area contributed by atoms with Gasteiger partial charge in [-0.15, -0.1) is 0 Å². The van der Waals surface area contributed by atoms with Crippen LogP contribution in [0.15, 0.2) is 54.9 Å². The Morgan fingerprint density at radius 1 is 1.20 bits per heavy atom. The number of rotatable bonds is 5. The number of aryl methyl sites for hydroxylation is 1. The highest BCUT2D eigenvalue weighted by Gasteiger charge is 2.25. The highest BCUT2D eigenvalue weighted by molar-refractivity contribution is 5.86. The van der Waals surface area contributed by atoms with Crippen LogP contribution in [0, 0.1) is 6.92 Å². The van der Waals surface area contributed by atoms with Gasteiger partial charge in [-0.1, -0.05) is 18.2 Å². The van der Waals surface area contributed by atoms with Gasteiger partial charge in [0, 0.05) is 52.5 Å². The van der Waals surface area contributed by atoms with Gasteiger partial charge >= 0.3 is 0 Å². The third-order valence-corrected chi connectivity index (χ3v) is 7.24. The van der Waals surface area contributed by atoms with Crippen LogP contribution in [0.3, 0.4) is 0 Å². The van der Waals surface area contributed by atoms with Gasteiger partial charge in [0.2, 0.25) is 0 Å². The number of nitrogens with one attached hydrogen (secondary N) is 2. The van der Waals surface area contributed by atoms with E-state index in [1.54, 1.807) is 6.20 Å². The Balaban J connectivity index is 1.25. The molecule has 35 heavy (non-hydrogen) atoms. The lowest BCUT2D eigenvalue weighted by Crippen LogP contribution is -2.33. The summed E-state index contributed by atoms with van der Waals surface area (Å²) in [5.74, 6) is 0. The number of hydrogen-bond acceptors (Lipinski definition) is 6. The fourth-order valence-electron chi connectivity index (χ4n) is 5.40.